The van der Waals surface area contributed by atoms with Crippen LogP contribution in [0.2, 0.25) is 0 Å². The van der Waals surface area contributed by atoms with E-state index >= 15 is 0 Å². The lowest BCUT2D eigenvalue weighted by molar-refractivity contribution is 0.0594. The van der Waals surface area contributed by atoms with Gasteiger partial charge in [0, 0.05) is 0 Å². The fourth-order valence-electron chi connectivity index (χ4n) is 1.88. The molecule has 0 aliphatic rings. The van der Waals surface area contributed by atoms with Gasteiger partial charge in [-0.3, -0.25) is 0 Å². The molecule has 0 saturated carbocycles. The zero-order chi connectivity index (χ0) is 14.7. The third kappa shape index (κ3) is 2.51. The Balaban J connectivity index is 2.60. The first-order valence-electron chi connectivity index (χ1n) is 5.75. The van der Waals surface area contributed by atoms with Gasteiger partial charge in [0.25, 0.3) is 0 Å². The number of methoxy groups -OCH3 is 1. The second-order valence-electron chi connectivity index (χ2n) is 4.04. The number of aromatic carboxylic acids is 1. The molecule has 0 aromatic heterocycles. The molecule has 0 heterocycles. The van der Waals surface area contributed by atoms with Crippen molar-refractivity contribution in [2.75, 3.05) is 7.11 Å². The zero-order valence-electron chi connectivity index (χ0n) is 10.6. The summed E-state index contributed by atoms with van der Waals surface area (Å²) in [7, 11) is 1.15. The number of rotatable bonds is 3. The summed E-state index contributed by atoms with van der Waals surface area (Å²) >= 11 is 0. The first-order valence-corrected chi connectivity index (χ1v) is 5.75. The molecule has 0 spiro atoms. The van der Waals surface area contributed by atoms with Gasteiger partial charge in [-0.05, 0) is 29.3 Å². The second kappa shape index (κ2) is 5.52. The highest BCUT2D eigenvalue weighted by Gasteiger charge is 2.16. The number of carboxylic acid groups (broad SMARTS) is 1. The summed E-state index contributed by atoms with van der Waals surface area (Å²) in [5, 5.41) is 9.14. The minimum atomic E-state index is -1.09. The summed E-state index contributed by atoms with van der Waals surface area (Å²) in [4.78, 5) is 22.6. The van der Waals surface area contributed by atoms with Crippen LogP contribution in [0.1, 0.15) is 20.7 Å². The molecule has 2 aromatic rings. The van der Waals surface area contributed by atoms with Crippen molar-refractivity contribution in [3.63, 3.8) is 0 Å². The van der Waals surface area contributed by atoms with E-state index < -0.39 is 17.8 Å². The Morgan fingerprint density at radius 3 is 2.45 bits per heavy atom. The van der Waals surface area contributed by atoms with Gasteiger partial charge in [0.1, 0.15) is 5.82 Å². The predicted octanol–water partition coefficient (Wildman–Crippen LogP) is 2.98. The minimum absolute atomic E-state index is 0.0786. The molecular formula is C15H11FO4. The van der Waals surface area contributed by atoms with Crippen LogP contribution in [0.25, 0.3) is 11.1 Å². The number of carbonyl (C=O) groups is 2. The van der Waals surface area contributed by atoms with Crippen molar-refractivity contribution >= 4 is 11.9 Å². The zero-order valence-corrected chi connectivity index (χ0v) is 10.6. The molecule has 0 aliphatic heterocycles. The van der Waals surface area contributed by atoms with Gasteiger partial charge in [0.2, 0.25) is 0 Å². The molecule has 0 unspecified atom stereocenters. The molecule has 0 amide bonds. The van der Waals surface area contributed by atoms with Crippen LogP contribution in [-0.2, 0) is 4.74 Å². The smallest absolute Gasteiger partial charge is 0.340 e. The molecule has 0 bridgehead atoms. The molecule has 20 heavy (non-hydrogen) atoms. The van der Waals surface area contributed by atoms with Gasteiger partial charge in [-0.1, -0.05) is 24.3 Å². The molecule has 102 valence electrons. The number of ether oxygens (including phenoxy) is 1. The lowest BCUT2D eigenvalue weighted by Crippen LogP contribution is -2.05. The predicted molar refractivity (Wildman–Crippen MR) is 70.1 cm³/mol. The van der Waals surface area contributed by atoms with Crippen molar-refractivity contribution in [1.82, 2.24) is 0 Å². The number of esters is 1. The average molecular weight is 274 g/mol. The number of hydrogen-bond acceptors (Lipinski definition) is 3. The van der Waals surface area contributed by atoms with E-state index in [0.29, 0.717) is 11.1 Å². The van der Waals surface area contributed by atoms with Crippen LogP contribution in [0.15, 0.2) is 42.5 Å². The molecule has 1 N–H and O–H groups in total. The standard InChI is InChI=1S/C15H11FO4/c1-20-15(19)12-8-9(6-7-13(12)16)10-4-2-3-5-11(10)14(17)18/h2-8H,1H3,(H,17,18). The van der Waals surface area contributed by atoms with Crippen LogP contribution in [-0.4, -0.2) is 24.2 Å². The van der Waals surface area contributed by atoms with Crippen molar-refractivity contribution < 1.29 is 23.8 Å². The maximum absolute atomic E-state index is 13.6. The van der Waals surface area contributed by atoms with Crippen molar-refractivity contribution in [2.24, 2.45) is 0 Å². The molecule has 0 radical (unpaired) electrons. The van der Waals surface area contributed by atoms with Gasteiger partial charge in [-0.2, -0.15) is 0 Å². The molecule has 0 fully saturated rings. The summed E-state index contributed by atoms with van der Waals surface area (Å²) in [5.74, 6) is -2.62. The Bertz CT molecular complexity index is 679. The lowest BCUT2D eigenvalue weighted by atomic mass is 9.98. The molecule has 2 rings (SSSR count). The van der Waals surface area contributed by atoms with Gasteiger partial charge in [0.15, 0.2) is 0 Å². The fourth-order valence-corrected chi connectivity index (χ4v) is 1.88. The number of carboxylic acids is 1. The largest absolute Gasteiger partial charge is 0.478 e. The van der Waals surface area contributed by atoms with Gasteiger partial charge in [-0.15, -0.1) is 0 Å². The molecule has 5 heteroatoms. The van der Waals surface area contributed by atoms with Gasteiger partial charge in [-0.25, -0.2) is 14.0 Å². The molecule has 0 atom stereocenters. The van der Waals surface area contributed by atoms with Crippen molar-refractivity contribution in [1.29, 1.82) is 0 Å². The number of halogens is 1. The first kappa shape index (κ1) is 13.7. The van der Waals surface area contributed by atoms with Gasteiger partial charge < -0.3 is 9.84 Å². The lowest BCUT2D eigenvalue weighted by Gasteiger charge is -2.08. The number of benzene rings is 2. The minimum Gasteiger partial charge on any atom is -0.478 e. The summed E-state index contributed by atoms with van der Waals surface area (Å²) in [6.45, 7) is 0. The monoisotopic (exact) mass is 274 g/mol. The third-order valence-electron chi connectivity index (χ3n) is 2.84. The van der Waals surface area contributed by atoms with E-state index in [0.717, 1.165) is 13.2 Å². The van der Waals surface area contributed by atoms with E-state index in [4.69, 9.17) is 5.11 Å². The molecular weight excluding hydrogens is 263 g/mol. The van der Waals surface area contributed by atoms with Crippen LogP contribution in [0.3, 0.4) is 0 Å². The van der Waals surface area contributed by atoms with E-state index in [1.54, 1.807) is 18.2 Å². The van der Waals surface area contributed by atoms with Crippen molar-refractivity contribution in [3.8, 4) is 11.1 Å². The summed E-state index contributed by atoms with van der Waals surface area (Å²) < 4.78 is 18.1. The van der Waals surface area contributed by atoms with E-state index in [1.807, 2.05) is 0 Å². The van der Waals surface area contributed by atoms with Crippen molar-refractivity contribution in [2.45, 2.75) is 0 Å². The maximum Gasteiger partial charge on any atom is 0.340 e. The van der Waals surface area contributed by atoms with E-state index in [-0.39, 0.29) is 11.1 Å². The quantitative estimate of drug-likeness (QED) is 0.874. The summed E-state index contributed by atoms with van der Waals surface area (Å²) in [6.07, 6.45) is 0. The van der Waals surface area contributed by atoms with E-state index in [2.05, 4.69) is 4.74 Å². The number of carbonyl (C=O) groups excluding carboxylic acids is 1. The highest BCUT2D eigenvalue weighted by Crippen LogP contribution is 2.26. The van der Waals surface area contributed by atoms with Crippen LogP contribution in [0.4, 0.5) is 4.39 Å². The SMILES string of the molecule is COC(=O)c1cc(-c2ccccc2C(=O)O)ccc1F. The van der Waals surface area contributed by atoms with Crippen LogP contribution in [0.5, 0.6) is 0 Å². The van der Waals surface area contributed by atoms with Gasteiger partial charge >= 0.3 is 11.9 Å². The highest BCUT2D eigenvalue weighted by atomic mass is 19.1. The van der Waals surface area contributed by atoms with E-state index in [9.17, 15) is 14.0 Å². The van der Waals surface area contributed by atoms with Gasteiger partial charge in [0.05, 0.1) is 18.2 Å². The summed E-state index contributed by atoms with van der Waals surface area (Å²) in [6, 6.07) is 10.1. The molecule has 4 nitrogen and oxygen atoms in total. The highest BCUT2D eigenvalue weighted by molar-refractivity contribution is 5.97. The Morgan fingerprint density at radius 2 is 1.80 bits per heavy atom. The Labute approximate surface area is 114 Å². The van der Waals surface area contributed by atoms with E-state index in [1.165, 1.54) is 18.2 Å². The maximum atomic E-state index is 13.6. The average Bonchev–Trinajstić information content (AvgIpc) is 2.47. The Morgan fingerprint density at radius 1 is 1.10 bits per heavy atom. The normalized spacial score (nSPS) is 10.1. The molecule has 2 aromatic carbocycles. The van der Waals surface area contributed by atoms with Crippen molar-refractivity contribution in [3.05, 3.63) is 59.4 Å². The third-order valence-corrected chi connectivity index (χ3v) is 2.84. The fraction of sp³-hybridized carbons (Fsp3) is 0.0667. The molecule has 0 saturated heterocycles. The Hall–Kier alpha value is -2.69. The first-order chi connectivity index (χ1) is 9.54. The van der Waals surface area contributed by atoms with Crippen LogP contribution < -0.4 is 0 Å². The Kier molecular flexibility index (Phi) is 3.79. The number of hydrogen-bond donors (Lipinski definition) is 1. The summed E-state index contributed by atoms with van der Waals surface area (Å²) in [5.41, 5.74) is 0.690. The topological polar surface area (TPSA) is 63.6 Å². The van der Waals surface area contributed by atoms with Crippen LogP contribution >= 0.6 is 0 Å². The second-order valence-corrected chi connectivity index (χ2v) is 4.04. The molecule has 0 aliphatic carbocycles. The van der Waals surface area contributed by atoms with Crippen LogP contribution in [0, 0.1) is 5.82 Å².